The van der Waals surface area contributed by atoms with Crippen LogP contribution in [0.15, 0.2) is 71.3 Å². The van der Waals surface area contributed by atoms with Crippen molar-refractivity contribution in [3.8, 4) is 17.1 Å². The zero-order valence-electron chi connectivity index (χ0n) is 14.0. The number of hydrogen-bond donors (Lipinski definition) is 0. The van der Waals surface area contributed by atoms with Crippen molar-refractivity contribution >= 4 is 11.8 Å². The van der Waals surface area contributed by atoms with E-state index in [1.807, 2.05) is 65.1 Å². The van der Waals surface area contributed by atoms with Crippen LogP contribution < -0.4 is 26.8 Å². The van der Waals surface area contributed by atoms with E-state index < -0.39 is 0 Å². The number of allylic oxidation sites excluding steroid dienone is 2. The van der Waals surface area contributed by atoms with Gasteiger partial charge in [-0.15, -0.1) is 0 Å². The van der Waals surface area contributed by atoms with E-state index in [1.54, 1.807) is 0 Å². The summed E-state index contributed by atoms with van der Waals surface area (Å²) in [6.07, 6.45) is 0. The first-order valence-electron chi connectivity index (χ1n) is 7.82. The van der Waals surface area contributed by atoms with Gasteiger partial charge in [0, 0.05) is 15.6 Å². The Kier molecular flexibility index (Phi) is 5.24. The Morgan fingerprint density at radius 1 is 0.960 bits per heavy atom. The fourth-order valence-electron chi connectivity index (χ4n) is 2.69. The molecule has 2 aromatic carbocycles. The minimum absolute atomic E-state index is 0. The van der Waals surface area contributed by atoms with E-state index in [9.17, 15) is 0 Å². The van der Waals surface area contributed by atoms with Gasteiger partial charge in [0.2, 0.25) is 0 Å². The summed E-state index contributed by atoms with van der Waals surface area (Å²) in [6, 6.07) is 20.3. The summed E-state index contributed by atoms with van der Waals surface area (Å²) in [5, 5.41) is 11.1. The molecular weight excluding hydrogens is 398 g/mol. The summed E-state index contributed by atoms with van der Waals surface area (Å²) in [5.41, 5.74) is 3.25. The van der Waals surface area contributed by atoms with Crippen molar-refractivity contribution in [3.63, 3.8) is 0 Å². The standard InChI is InChI=1S/C18H18N5S.BrH/c1-14-15(2)24-13-21(14)23-18(16-9-5-3-6-10-16)19-20-22(23)17-11-7-4-8-12-17;/h3-12H,13H2,1-2H3;1H/q+1;/p-1. The number of hydrogen-bond acceptors (Lipinski definition) is 4. The van der Waals surface area contributed by atoms with Crippen LogP contribution in [0.4, 0.5) is 0 Å². The Hall–Kier alpha value is -2.12. The van der Waals surface area contributed by atoms with Gasteiger partial charge in [0.25, 0.3) is 0 Å². The smallest absolute Gasteiger partial charge is 0.306 e. The molecule has 0 spiro atoms. The van der Waals surface area contributed by atoms with Crippen LogP contribution in [-0.4, -0.2) is 21.0 Å². The Bertz CT molecular complexity index is 835. The first-order valence-corrected chi connectivity index (χ1v) is 8.81. The molecular formula is C18H18BrN5S. The highest BCUT2D eigenvalue weighted by molar-refractivity contribution is 8.03. The lowest BCUT2D eigenvalue weighted by Crippen LogP contribution is -3.00. The van der Waals surface area contributed by atoms with Crippen LogP contribution in [-0.2, 0) is 0 Å². The van der Waals surface area contributed by atoms with Crippen LogP contribution in [0.5, 0.6) is 0 Å². The summed E-state index contributed by atoms with van der Waals surface area (Å²) in [5.74, 6) is 1.68. The van der Waals surface area contributed by atoms with Crippen molar-refractivity contribution in [2.75, 3.05) is 10.9 Å². The molecule has 0 atom stereocenters. The molecule has 0 aliphatic carbocycles. The minimum atomic E-state index is 0. The quantitative estimate of drug-likeness (QED) is 0.569. The summed E-state index contributed by atoms with van der Waals surface area (Å²) < 4.78 is 0. The van der Waals surface area contributed by atoms with E-state index in [0.29, 0.717) is 0 Å². The van der Waals surface area contributed by atoms with Crippen molar-refractivity contribution in [1.29, 1.82) is 0 Å². The number of nitrogens with zero attached hydrogens (tertiary/aromatic N) is 5. The molecule has 0 amide bonds. The molecule has 2 heterocycles. The van der Waals surface area contributed by atoms with Crippen LogP contribution in [0.2, 0.25) is 0 Å². The molecule has 25 heavy (non-hydrogen) atoms. The average molecular weight is 416 g/mol. The molecule has 0 N–H and O–H groups in total. The van der Waals surface area contributed by atoms with E-state index >= 15 is 0 Å². The summed E-state index contributed by atoms with van der Waals surface area (Å²) >= 11 is 1.84. The lowest BCUT2D eigenvalue weighted by atomic mass is 10.2. The second kappa shape index (κ2) is 7.41. The van der Waals surface area contributed by atoms with Crippen molar-refractivity contribution < 1.29 is 21.8 Å². The molecule has 0 saturated heterocycles. The number of rotatable bonds is 3. The Morgan fingerprint density at radius 3 is 2.20 bits per heavy atom. The van der Waals surface area contributed by atoms with Crippen molar-refractivity contribution in [2.24, 2.45) is 0 Å². The van der Waals surface area contributed by atoms with Crippen molar-refractivity contribution in [3.05, 3.63) is 71.3 Å². The molecule has 4 rings (SSSR count). The molecule has 7 heteroatoms. The number of tetrazole rings is 1. The van der Waals surface area contributed by atoms with Crippen molar-refractivity contribution in [1.82, 2.24) is 15.1 Å². The molecule has 0 bridgehead atoms. The number of para-hydroxylation sites is 1. The van der Waals surface area contributed by atoms with E-state index in [4.69, 9.17) is 0 Å². The largest absolute Gasteiger partial charge is 1.00 e. The predicted octanol–water partition coefficient (Wildman–Crippen LogP) is 0.119. The molecule has 5 nitrogen and oxygen atoms in total. The molecule has 1 aliphatic heterocycles. The lowest BCUT2D eigenvalue weighted by molar-refractivity contribution is -0.741. The molecule has 1 aliphatic rings. The third-order valence-corrected chi connectivity index (χ3v) is 5.24. The van der Waals surface area contributed by atoms with Gasteiger partial charge in [0.15, 0.2) is 5.69 Å². The molecule has 3 aromatic rings. The number of benzene rings is 2. The zero-order valence-corrected chi connectivity index (χ0v) is 16.4. The minimum Gasteiger partial charge on any atom is -1.00 e. The highest BCUT2D eigenvalue weighted by Gasteiger charge is 2.32. The molecule has 0 radical (unpaired) electrons. The van der Waals surface area contributed by atoms with Crippen LogP contribution in [0.1, 0.15) is 13.8 Å². The molecule has 0 unspecified atom stereocenters. The molecule has 0 saturated carbocycles. The maximum atomic E-state index is 4.47. The molecule has 0 fully saturated rings. The van der Waals surface area contributed by atoms with Crippen LogP contribution in [0.25, 0.3) is 17.1 Å². The van der Waals surface area contributed by atoms with Gasteiger partial charge < -0.3 is 17.0 Å². The second-order valence-corrected chi connectivity index (χ2v) is 6.77. The number of thioether (sulfide) groups is 1. The number of halogens is 1. The highest BCUT2D eigenvalue weighted by Crippen LogP contribution is 2.30. The molecule has 128 valence electrons. The average Bonchev–Trinajstić information content (AvgIpc) is 3.21. The summed E-state index contributed by atoms with van der Waals surface area (Å²) in [6.45, 7) is 4.29. The Balaban J connectivity index is 0.00000182. The monoisotopic (exact) mass is 415 g/mol. The fourth-order valence-corrected chi connectivity index (χ4v) is 3.62. The second-order valence-electron chi connectivity index (χ2n) is 5.61. The maximum absolute atomic E-state index is 4.47. The summed E-state index contributed by atoms with van der Waals surface area (Å²) in [7, 11) is 0. The zero-order chi connectivity index (χ0) is 16.5. The van der Waals surface area contributed by atoms with E-state index in [1.165, 1.54) is 10.6 Å². The van der Waals surface area contributed by atoms with Gasteiger partial charge in [-0.3, -0.25) is 0 Å². The third-order valence-electron chi connectivity index (χ3n) is 4.14. The van der Waals surface area contributed by atoms with Gasteiger partial charge >= 0.3 is 5.82 Å². The van der Waals surface area contributed by atoms with Crippen LogP contribution in [0.3, 0.4) is 0 Å². The summed E-state index contributed by atoms with van der Waals surface area (Å²) in [4.78, 5) is 5.23. The normalized spacial score (nSPS) is 13.9. The van der Waals surface area contributed by atoms with E-state index in [0.717, 1.165) is 23.0 Å². The van der Waals surface area contributed by atoms with Gasteiger partial charge in [0.05, 0.1) is 5.21 Å². The first-order chi connectivity index (χ1) is 11.8. The topological polar surface area (TPSA) is 37.8 Å². The SMILES string of the molecule is CC1=C(C)N(n2c(-c3ccccc3)nn[n+]2-c2ccccc2)CS1.[Br-]. The fraction of sp³-hybridized carbons (Fsp3) is 0.167. The van der Waals surface area contributed by atoms with Crippen LogP contribution in [0, 0.1) is 0 Å². The van der Waals surface area contributed by atoms with Gasteiger partial charge in [-0.25, -0.2) is 0 Å². The number of aromatic nitrogens is 4. The van der Waals surface area contributed by atoms with E-state index in [-0.39, 0.29) is 17.0 Å². The first kappa shape index (κ1) is 17.7. The van der Waals surface area contributed by atoms with Gasteiger partial charge in [0.1, 0.15) is 11.6 Å². The Morgan fingerprint density at radius 2 is 1.60 bits per heavy atom. The Labute approximate surface area is 161 Å². The highest BCUT2D eigenvalue weighted by atomic mass is 79.9. The predicted molar refractivity (Wildman–Crippen MR) is 96.0 cm³/mol. The molecule has 1 aromatic heterocycles. The maximum Gasteiger partial charge on any atom is 0.306 e. The third kappa shape index (κ3) is 3.21. The van der Waals surface area contributed by atoms with Gasteiger partial charge in [-0.05, 0) is 47.7 Å². The van der Waals surface area contributed by atoms with Gasteiger partial charge in [-0.1, -0.05) is 48.2 Å². The van der Waals surface area contributed by atoms with E-state index in [2.05, 4.69) is 46.1 Å². The lowest BCUT2D eigenvalue weighted by Gasteiger charge is -2.16. The van der Waals surface area contributed by atoms with Crippen LogP contribution >= 0.6 is 11.8 Å². The van der Waals surface area contributed by atoms with Crippen molar-refractivity contribution in [2.45, 2.75) is 13.8 Å². The van der Waals surface area contributed by atoms with Gasteiger partial charge in [-0.2, -0.15) is 5.01 Å².